The second-order valence-electron chi connectivity index (χ2n) is 5.69. The van der Waals surface area contributed by atoms with Gasteiger partial charge in [0.05, 0.1) is 18.4 Å². The summed E-state index contributed by atoms with van der Waals surface area (Å²) in [5.41, 5.74) is 2.06. The van der Waals surface area contributed by atoms with E-state index < -0.39 is 5.97 Å². The zero-order valence-corrected chi connectivity index (χ0v) is 14.7. The average Bonchev–Trinajstić information content (AvgIpc) is 2.65. The number of para-hydroxylation sites is 1. The highest BCUT2D eigenvalue weighted by Gasteiger charge is 2.14. The number of methoxy groups -OCH3 is 1. The van der Waals surface area contributed by atoms with E-state index in [1.54, 1.807) is 24.3 Å². The van der Waals surface area contributed by atoms with E-state index in [1.807, 2.05) is 18.2 Å². The molecule has 1 amide bonds. The van der Waals surface area contributed by atoms with Crippen molar-refractivity contribution in [3.8, 4) is 0 Å². The van der Waals surface area contributed by atoms with Crippen LogP contribution in [0.4, 0.5) is 5.69 Å². The second kappa shape index (κ2) is 9.59. The lowest BCUT2D eigenvalue weighted by atomic mass is 10.1. The van der Waals surface area contributed by atoms with Crippen molar-refractivity contribution in [2.24, 2.45) is 0 Å². The molecule has 2 rings (SSSR count). The van der Waals surface area contributed by atoms with Crippen molar-refractivity contribution in [2.75, 3.05) is 25.5 Å². The minimum absolute atomic E-state index is 0.122. The van der Waals surface area contributed by atoms with E-state index in [0.717, 1.165) is 13.1 Å². The van der Waals surface area contributed by atoms with Gasteiger partial charge in [-0.25, -0.2) is 4.79 Å². The van der Waals surface area contributed by atoms with E-state index in [-0.39, 0.29) is 5.91 Å². The Morgan fingerprint density at radius 1 is 1.04 bits per heavy atom. The SMILES string of the molecule is CCN(CCC(=O)Nc1ccccc1C(=O)OC)Cc1ccccc1. The van der Waals surface area contributed by atoms with Gasteiger partial charge in [0.15, 0.2) is 0 Å². The number of carbonyl (C=O) groups excluding carboxylic acids is 2. The topological polar surface area (TPSA) is 58.6 Å². The minimum Gasteiger partial charge on any atom is -0.465 e. The first-order chi connectivity index (χ1) is 12.1. The fourth-order valence-corrected chi connectivity index (χ4v) is 2.54. The Balaban J connectivity index is 1.91. The van der Waals surface area contributed by atoms with Crippen LogP contribution in [0.3, 0.4) is 0 Å². The molecule has 0 spiro atoms. The minimum atomic E-state index is -0.463. The summed E-state index contributed by atoms with van der Waals surface area (Å²) in [5.74, 6) is -0.585. The van der Waals surface area contributed by atoms with Gasteiger partial charge in [0, 0.05) is 19.5 Å². The summed E-state index contributed by atoms with van der Waals surface area (Å²) in [7, 11) is 1.32. The van der Waals surface area contributed by atoms with Gasteiger partial charge in [-0.15, -0.1) is 0 Å². The second-order valence-corrected chi connectivity index (χ2v) is 5.69. The maximum Gasteiger partial charge on any atom is 0.339 e. The number of nitrogens with one attached hydrogen (secondary N) is 1. The maximum absolute atomic E-state index is 12.3. The van der Waals surface area contributed by atoms with Crippen LogP contribution in [-0.4, -0.2) is 37.0 Å². The van der Waals surface area contributed by atoms with Gasteiger partial charge in [0.25, 0.3) is 0 Å². The molecule has 1 N–H and O–H groups in total. The predicted octanol–water partition coefficient (Wildman–Crippen LogP) is 3.32. The lowest BCUT2D eigenvalue weighted by Crippen LogP contribution is -2.27. The third-order valence-corrected chi connectivity index (χ3v) is 3.96. The molecular weight excluding hydrogens is 316 g/mol. The number of esters is 1. The van der Waals surface area contributed by atoms with Crippen LogP contribution in [0.15, 0.2) is 54.6 Å². The summed E-state index contributed by atoms with van der Waals surface area (Å²) >= 11 is 0. The number of benzene rings is 2. The largest absolute Gasteiger partial charge is 0.465 e. The first kappa shape index (κ1) is 18.7. The number of nitrogens with zero attached hydrogens (tertiary/aromatic N) is 1. The Morgan fingerprint density at radius 3 is 2.40 bits per heavy atom. The Hall–Kier alpha value is -2.66. The molecule has 0 aromatic heterocycles. The molecule has 0 aliphatic carbocycles. The van der Waals surface area contributed by atoms with Crippen molar-refractivity contribution >= 4 is 17.6 Å². The molecular formula is C20H24N2O3. The number of hydrogen-bond donors (Lipinski definition) is 1. The van der Waals surface area contributed by atoms with Gasteiger partial charge < -0.3 is 10.1 Å². The van der Waals surface area contributed by atoms with Gasteiger partial charge in [0.2, 0.25) is 5.91 Å². The summed E-state index contributed by atoms with van der Waals surface area (Å²) in [6, 6.07) is 17.0. The quantitative estimate of drug-likeness (QED) is 0.749. The van der Waals surface area contributed by atoms with Crippen LogP contribution in [-0.2, 0) is 16.1 Å². The Morgan fingerprint density at radius 2 is 1.72 bits per heavy atom. The molecule has 0 saturated carbocycles. The molecule has 5 heteroatoms. The molecule has 2 aromatic rings. The van der Waals surface area contributed by atoms with Crippen molar-refractivity contribution < 1.29 is 14.3 Å². The van der Waals surface area contributed by atoms with E-state index >= 15 is 0 Å². The van der Waals surface area contributed by atoms with Crippen LogP contribution < -0.4 is 5.32 Å². The van der Waals surface area contributed by atoms with Crippen LogP contribution in [0.5, 0.6) is 0 Å². The average molecular weight is 340 g/mol. The number of anilines is 1. The molecule has 0 saturated heterocycles. The lowest BCUT2D eigenvalue weighted by Gasteiger charge is -2.20. The molecule has 2 aromatic carbocycles. The fourth-order valence-electron chi connectivity index (χ4n) is 2.54. The van der Waals surface area contributed by atoms with Gasteiger partial charge in [-0.3, -0.25) is 9.69 Å². The van der Waals surface area contributed by atoms with Gasteiger partial charge in [-0.2, -0.15) is 0 Å². The van der Waals surface area contributed by atoms with Gasteiger partial charge >= 0.3 is 5.97 Å². The Bertz CT molecular complexity index is 701. The van der Waals surface area contributed by atoms with E-state index in [0.29, 0.717) is 24.2 Å². The van der Waals surface area contributed by atoms with E-state index in [9.17, 15) is 9.59 Å². The van der Waals surface area contributed by atoms with Crippen molar-refractivity contribution in [1.82, 2.24) is 4.90 Å². The monoisotopic (exact) mass is 340 g/mol. The number of amides is 1. The Labute approximate surface area is 148 Å². The molecule has 0 atom stereocenters. The highest BCUT2D eigenvalue weighted by Crippen LogP contribution is 2.16. The molecule has 5 nitrogen and oxygen atoms in total. The molecule has 0 radical (unpaired) electrons. The zero-order valence-electron chi connectivity index (χ0n) is 14.7. The first-order valence-electron chi connectivity index (χ1n) is 8.37. The van der Waals surface area contributed by atoms with Crippen LogP contribution in [0.25, 0.3) is 0 Å². The summed E-state index contributed by atoms with van der Waals surface area (Å²) in [5, 5.41) is 2.80. The van der Waals surface area contributed by atoms with Crippen molar-refractivity contribution in [1.29, 1.82) is 0 Å². The third kappa shape index (κ3) is 5.72. The highest BCUT2D eigenvalue weighted by molar-refractivity contribution is 6.01. The smallest absolute Gasteiger partial charge is 0.339 e. The highest BCUT2D eigenvalue weighted by atomic mass is 16.5. The van der Waals surface area contributed by atoms with E-state index in [1.165, 1.54) is 12.7 Å². The molecule has 0 heterocycles. The summed E-state index contributed by atoms with van der Waals surface area (Å²) in [4.78, 5) is 26.2. The number of hydrogen-bond acceptors (Lipinski definition) is 4. The van der Waals surface area contributed by atoms with Crippen LogP contribution in [0.2, 0.25) is 0 Å². The van der Waals surface area contributed by atoms with Crippen molar-refractivity contribution in [3.63, 3.8) is 0 Å². The maximum atomic E-state index is 12.3. The van der Waals surface area contributed by atoms with Crippen LogP contribution >= 0.6 is 0 Å². The number of rotatable bonds is 8. The lowest BCUT2D eigenvalue weighted by molar-refractivity contribution is -0.116. The third-order valence-electron chi connectivity index (χ3n) is 3.96. The molecule has 0 unspecified atom stereocenters. The van der Waals surface area contributed by atoms with Crippen molar-refractivity contribution in [2.45, 2.75) is 19.9 Å². The van der Waals surface area contributed by atoms with Crippen LogP contribution in [0, 0.1) is 0 Å². The molecule has 25 heavy (non-hydrogen) atoms. The number of ether oxygens (including phenoxy) is 1. The molecule has 0 fully saturated rings. The van der Waals surface area contributed by atoms with E-state index in [2.05, 4.69) is 29.3 Å². The first-order valence-corrected chi connectivity index (χ1v) is 8.37. The van der Waals surface area contributed by atoms with Gasteiger partial charge in [0.1, 0.15) is 0 Å². The zero-order chi connectivity index (χ0) is 18.1. The predicted molar refractivity (Wildman–Crippen MR) is 98.4 cm³/mol. The fraction of sp³-hybridized carbons (Fsp3) is 0.300. The standard InChI is InChI=1S/C20H24N2O3/c1-3-22(15-16-9-5-4-6-10-16)14-13-19(23)21-18-12-8-7-11-17(18)20(24)25-2/h4-12H,3,13-15H2,1-2H3,(H,21,23). The molecule has 132 valence electrons. The normalized spacial score (nSPS) is 10.5. The summed E-state index contributed by atoms with van der Waals surface area (Å²) in [6.45, 7) is 4.40. The molecule has 0 bridgehead atoms. The van der Waals surface area contributed by atoms with E-state index in [4.69, 9.17) is 4.74 Å². The summed E-state index contributed by atoms with van der Waals surface area (Å²) < 4.78 is 4.74. The number of carbonyl (C=O) groups is 2. The summed E-state index contributed by atoms with van der Waals surface area (Å²) in [6.07, 6.45) is 0.357. The Kier molecular flexibility index (Phi) is 7.16. The van der Waals surface area contributed by atoms with Gasteiger partial charge in [-0.05, 0) is 24.2 Å². The van der Waals surface area contributed by atoms with Crippen molar-refractivity contribution in [3.05, 3.63) is 65.7 Å². The van der Waals surface area contributed by atoms with Gasteiger partial charge in [-0.1, -0.05) is 49.4 Å². The molecule has 0 aliphatic rings. The molecule has 0 aliphatic heterocycles. The van der Waals surface area contributed by atoms with Crippen LogP contribution in [0.1, 0.15) is 29.3 Å².